The Balaban J connectivity index is 1.24. The topological polar surface area (TPSA) is 79.9 Å². The summed E-state index contributed by atoms with van der Waals surface area (Å²) in [6.07, 6.45) is 3.83. The molecule has 188 valence electrons. The summed E-state index contributed by atoms with van der Waals surface area (Å²) in [4.78, 5) is 34.7. The third-order valence-corrected chi connectivity index (χ3v) is 7.40. The number of carbonyl (C=O) groups excluding carboxylic acids is 2. The molecule has 2 N–H and O–H groups in total. The number of aliphatic hydroxyl groups is 1. The lowest BCUT2D eigenvalue weighted by Gasteiger charge is -2.40. The first-order valence-corrected chi connectivity index (χ1v) is 12.6. The number of benzene rings is 2. The highest BCUT2D eigenvalue weighted by molar-refractivity contribution is 5.98. The van der Waals surface area contributed by atoms with Gasteiger partial charge in [-0.25, -0.2) is 0 Å². The average molecular weight is 487 g/mol. The minimum Gasteiger partial charge on any atom is -0.380 e. The second-order valence-electron chi connectivity index (χ2n) is 10.2. The Kier molecular flexibility index (Phi) is 6.69. The number of nitrogens with one attached hydrogen (secondary N) is 1. The molecule has 7 nitrogen and oxygen atoms in total. The summed E-state index contributed by atoms with van der Waals surface area (Å²) in [5.74, 6) is -0.225. The summed E-state index contributed by atoms with van der Waals surface area (Å²) in [5, 5.41) is 12.3. The van der Waals surface area contributed by atoms with E-state index in [4.69, 9.17) is 0 Å². The number of aromatic amines is 1. The minimum absolute atomic E-state index is 0.0653. The summed E-state index contributed by atoms with van der Waals surface area (Å²) < 4.78 is 0. The lowest BCUT2D eigenvalue weighted by molar-refractivity contribution is -0.156. The summed E-state index contributed by atoms with van der Waals surface area (Å²) in [6, 6.07) is 18.3. The Morgan fingerprint density at radius 3 is 2.50 bits per heavy atom. The first kappa shape index (κ1) is 24.3. The van der Waals surface area contributed by atoms with Gasteiger partial charge in [-0.05, 0) is 48.1 Å². The van der Waals surface area contributed by atoms with Crippen LogP contribution in [0.1, 0.15) is 40.9 Å². The average Bonchev–Trinajstić information content (AvgIpc) is 3.33. The molecule has 0 unspecified atom stereocenters. The Labute approximate surface area is 212 Å². The molecule has 3 aromatic rings. The SMILES string of the molecule is CN(C)C(=O)c1cc2ccc(C3=CCCN(C(=O)C4(O)CCN(Cc5ccccc5)CC4)C3)cc2[nH]1. The number of hydrogen-bond acceptors (Lipinski definition) is 4. The van der Waals surface area contributed by atoms with Crippen LogP contribution in [0.2, 0.25) is 0 Å². The molecule has 0 aliphatic carbocycles. The molecule has 2 aliphatic rings. The molecule has 2 aliphatic heterocycles. The monoisotopic (exact) mass is 486 g/mol. The zero-order chi connectivity index (χ0) is 25.3. The summed E-state index contributed by atoms with van der Waals surface area (Å²) in [5.41, 5.74) is 3.48. The van der Waals surface area contributed by atoms with Crippen LogP contribution in [-0.4, -0.2) is 82.5 Å². The van der Waals surface area contributed by atoms with Gasteiger partial charge in [0.2, 0.25) is 0 Å². The largest absolute Gasteiger partial charge is 0.380 e. The minimum atomic E-state index is -1.31. The van der Waals surface area contributed by atoms with E-state index in [1.807, 2.05) is 47.4 Å². The molecule has 0 bridgehead atoms. The van der Waals surface area contributed by atoms with E-state index in [-0.39, 0.29) is 11.8 Å². The maximum atomic E-state index is 13.5. The van der Waals surface area contributed by atoms with E-state index < -0.39 is 5.60 Å². The van der Waals surface area contributed by atoms with Gasteiger partial charge in [0.1, 0.15) is 11.3 Å². The van der Waals surface area contributed by atoms with Crippen molar-refractivity contribution in [2.45, 2.75) is 31.4 Å². The lowest BCUT2D eigenvalue weighted by atomic mass is 9.88. The molecule has 1 aromatic heterocycles. The fraction of sp³-hybridized carbons (Fsp3) is 0.379. The van der Waals surface area contributed by atoms with E-state index in [1.54, 1.807) is 19.0 Å². The number of aromatic nitrogens is 1. The van der Waals surface area contributed by atoms with E-state index in [0.29, 0.717) is 44.7 Å². The molecule has 0 radical (unpaired) electrons. The van der Waals surface area contributed by atoms with Gasteiger partial charge in [-0.3, -0.25) is 14.5 Å². The van der Waals surface area contributed by atoms with Crippen LogP contribution in [0, 0.1) is 0 Å². The number of amides is 2. The van der Waals surface area contributed by atoms with Crippen LogP contribution in [0.25, 0.3) is 16.5 Å². The molecular weight excluding hydrogens is 452 g/mol. The van der Waals surface area contributed by atoms with E-state index in [2.05, 4.69) is 28.1 Å². The van der Waals surface area contributed by atoms with Crippen LogP contribution in [0.4, 0.5) is 0 Å². The van der Waals surface area contributed by atoms with Crippen molar-refractivity contribution in [1.82, 2.24) is 19.7 Å². The van der Waals surface area contributed by atoms with Crippen molar-refractivity contribution < 1.29 is 14.7 Å². The van der Waals surface area contributed by atoms with E-state index in [0.717, 1.165) is 35.0 Å². The zero-order valence-electron chi connectivity index (χ0n) is 21.0. The molecule has 0 spiro atoms. The molecule has 5 rings (SSSR count). The molecule has 1 saturated heterocycles. The van der Waals surface area contributed by atoms with Crippen molar-refractivity contribution in [2.75, 3.05) is 40.3 Å². The number of likely N-dealkylation sites (tertiary alicyclic amines) is 1. The van der Waals surface area contributed by atoms with Crippen LogP contribution < -0.4 is 0 Å². The van der Waals surface area contributed by atoms with Crippen molar-refractivity contribution in [3.05, 3.63) is 77.5 Å². The van der Waals surface area contributed by atoms with E-state index >= 15 is 0 Å². The van der Waals surface area contributed by atoms with Gasteiger partial charge in [0.05, 0.1) is 0 Å². The number of hydrogen-bond donors (Lipinski definition) is 2. The van der Waals surface area contributed by atoms with Gasteiger partial charge in [0, 0.05) is 57.7 Å². The molecule has 2 amide bonds. The fourth-order valence-corrected chi connectivity index (χ4v) is 5.24. The van der Waals surface area contributed by atoms with Gasteiger partial charge in [-0.2, -0.15) is 0 Å². The van der Waals surface area contributed by atoms with E-state index in [1.165, 1.54) is 5.56 Å². The highest BCUT2D eigenvalue weighted by atomic mass is 16.3. The van der Waals surface area contributed by atoms with Gasteiger partial charge < -0.3 is 19.9 Å². The Bertz CT molecular complexity index is 1290. The Morgan fingerprint density at radius 1 is 1.03 bits per heavy atom. The molecule has 36 heavy (non-hydrogen) atoms. The number of H-pyrrole nitrogens is 1. The fourth-order valence-electron chi connectivity index (χ4n) is 5.24. The van der Waals surface area contributed by atoms with Crippen molar-refractivity contribution in [3.63, 3.8) is 0 Å². The maximum absolute atomic E-state index is 13.5. The Hall–Kier alpha value is -3.42. The highest BCUT2D eigenvalue weighted by Gasteiger charge is 2.42. The van der Waals surface area contributed by atoms with Crippen molar-refractivity contribution in [2.24, 2.45) is 0 Å². The summed E-state index contributed by atoms with van der Waals surface area (Å²) in [7, 11) is 3.47. The van der Waals surface area contributed by atoms with Crippen molar-refractivity contribution >= 4 is 28.3 Å². The third kappa shape index (κ3) is 4.94. The molecule has 3 heterocycles. The quantitative estimate of drug-likeness (QED) is 0.579. The maximum Gasteiger partial charge on any atom is 0.269 e. The smallest absolute Gasteiger partial charge is 0.269 e. The molecule has 2 aromatic carbocycles. The second-order valence-corrected chi connectivity index (χ2v) is 10.2. The normalized spacial score (nSPS) is 18.2. The van der Waals surface area contributed by atoms with Crippen LogP contribution >= 0.6 is 0 Å². The predicted molar refractivity (Wildman–Crippen MR) is 141 cm³/mol. The van der Waals surface area contributed by atoms with Gasteiger partial charge in [0.25, 0.3) is 11.8 Å². The van der Waals surface area contributed by atoms with Gasteiger partial charge in [0.15, 0.2) is 0 Å². The van der Waals surface area contributed by atoms with Crippen molar-refractivity contribution in [1.29, 1.82) is 0 Å². The van der Waals surface area contributed by atoms with E-state index in [9.17, 15) is 14.7 Å². The standard InChI is InChI=1S/C29H34N4O3/c1-31(2)27(34)26-18-23-11-10-22(17-25(23)30-26)24-9-6-14-33(20-24)28(35)29(36)12-15-32(16-13-29)19-21-7-4-3-5-8-21/h3-5,7-11,17-18,30,36H,6,12-16,19-20H2,1-2H3. The van der Waals surface area contributed by atoms with Crippen LogP contribution in [-0.2, 0) is 11.3 Å². The molecule has 1 fully saturated rings. The Morgan fingerprint density at radius 2 is 1.78 bits per heavy atom. The molecule has 7 heteroatoms. The van der Waals surface area contributed by atoms with Crippen molar-refractivity contribution in [3.8, 4) is 0 Å². The number of rotatable bonds is 5. The summed E-state index contributed by atoms with van der Waals surface area (Å²) >= 11 is 0. The highest BCUT2D eigenvalue weighted by Crippen LogP contribution is 2.30. The van der Waals surface area contributed by atoms with Crippen LogP contribution in [0.5, 0.6) is 0 Å². The summed E-state index contributed by atoms with van der Waals surface area (Å²) in [6.45, 7) is 3.33. The molecular formula is C29H34N4O3. The third-order valence-electron chi connectivity index (χ3n) is 7.40. The predicted octanol–water partition coefficient (Wildman–Crippen LogP) is 3.51. The number of piperidine rings is 1. The zero-order valence-corrected chi connectivity index (χ0v) is 21.0. The number of nitrogens with zero attached hydrogens (tertiary/aromatic N) is 3. The number of carbonyl (C=O) groups is 2. The molecule has 0 atom stereocenters. The second kappa shape index (κ2) is 9.91. The van der Waals surface area contributed by atoms with Gasteiger partial charge in [-0.15, -0.1) is 0 Å². The molecule has 0 saturated carbocycles. The first-order valence-electron chi connectivity index (χ1n) is 12.6. The van der Waals surface area contributed by atoms with Crippen LogP contribution in [0.15, 0.2) is 60.7 Å². The van der Waals surface area contributed by atoms with Crippen LogP contribution in [0.3, 0.4) is 0 Å². The first-order chi connectivity index (χ1) is 17.3. The lowest BCUT2D eigenvalue weighted by Crippen LogP contribution is -2.55. The van der Waals surface area contributed by atoms with Gasteiger partial charge >= 0.3 is 0 Å². The number of fused-ring (bicyclic) bond motifs is 1. The van der Waals surface area contributed by atoms with Gasteiger partial charge in [-0.1, -0.05) is 48.5 Å².